The lowest BCUT2D eigenvalue weighted by Gasteiger charge is -2.24. The number of methoxy groups -OCH3 is 2. The smallest absolute Gasteiger partial charge is 0.338 e. The summed E-state index contributed by atoms with van der Waals surface area (Å²) in [5.74, 6) is 0.850. The van der Waals surface area contributed by atoms with Crippen LogP contribution in [0.15, 0.2) is 36.4 Å². The monoisotopic (exact) mass is 446 g/mol. The third kappa shape index (κ3) is 4.71. The molecular weight excluding hydrogens is 424 g/mol. The molecule has 0 saturated carbocycles. The van der Waals surface area contributed by atoms with E-state index in [4.69, 9.17) is 37.9 Å². The van der Waals surface area contributed by atoms with Crippen LogP contribution in [0.1, 0.15) is 11.1 Å². The molecule has 4 rings (SSSR count). The van der Waals surface area contributed by atoms with Crippen molar-refractivity contribution < 1.29 is 47.5 Å². The second kappa shape index (κ2) is 9.75. The molecule has 2 atom stereocenters. The fourth-order valence-corrected chi connectivity index (χ4v) is 3.22. The van der Waals surface area contributed by atoms with Crippen molar-refractivity contribution in [1.82, 2.24) is 0 Å². The Balaban J connectivity index is 1.47. The third-order valence-corrected chi connectivity index (χ3v) is 4.88. The van der Waals surface area contributed by atoms with E-state index < -0.39 is 24.1 Å². The maximum Gasteiger partial charge on any atom is 0.338 e. The van der Waals surface area contributed by atoms with Crippen molar-refractivity contribution in [3.8, 4) is 23.0 Å². The molecule has 0 spiro atoms. The van der Waals surface area contributed by atoms with E-state index in [1.54, 1.807) is 36.4 Å². The van der Waals surface area contributed by atoms with Crippen LogP contribution >= 0.6 is 0 Å². The van der Waals surface area contributed by atoms with Gasteiger partial charge >= 0.3 is 11.9 Å². The summed E-state index contributed by atoms with van der Waals surface area (Å²) in [6.45, 7) is 0.277. The molecular formula is C22H22O10. The number of hydrogen-bond acceptors (Lipinski definition) is 10. The summed E-state index contributed by atoms with van der Waals surface area (Å²) in [5.41, 5.74) is 1.42. The summed E-state index contributed by atoms with van der Waals surface area (Å²) in [4.78, 5) is 24.9. The Morgan fingerprint density at radius 1 is 0.719 bits per heavy atom. The van der Waals surface area contributed by atoms with E-state index >= 15 is 0 Å². The molecule has 170 valence electrons. The zero-order valence-electron chi connectivity index (χ0n) is 17.5. The highest BCUT2D eigenvalue weighted by atomic mass is 16.7. The number of carbonyl (C=O) groups excluding carboxylic acids is 2. The van der Waals surface area contributed by atoms with Gasteiger partial charge in [-0.15, -0.1) is 0 Å². The van der Waals surface area contributed by atoms with Crippen LogP contribution in [0.5, 0.6) is 23.0 Å². The Kier molecular flexibility index (Phi) is 6.62. The van der Waals surface area contributed by atoms with Crippen LogP contribution in [0.4, 0.5) is 0 Å². The molecule has 0 saturated heterocycles. The van der Waals surface area contributed by atoms with Gasteiger partial charge in [0.2, 0.25) is 13.6 Å². The Morgan fingerprint density at radius 3 is 1.53 bits per heavy atom. The van der Waals surface area contributed by atoms with Crippen molar-refractivity contribution in [2.45, 2.75) is 25.4 Å². The maximum atomic E-state index is 12.4. The van der Waals surface area contributed by atoms with E-state index in [1.165, 1.54) is 14.2 Å². The molecule has 0 aliphatic carbocycles. The standard InChI is InChI=1S/C22H22O10/c1-25-21(23)19(27-9-13-3-5-15-17(7-13)31-11-29-15)20(22(24)26-2)28-10-14-4-6-16-18(8-14)32-12-30-16/h3-8,19-20H,9-12H2,1-2H3/t19-,20-/m1/s1. The van der Waals surface area contributed by atoms with Crippen LogP contribution in [-0.2, 0) is 41.8 Å². The molecule has 0 amide bonds. The molecule has 0 N–H and O–H groups in total. The SMILES string of the molecule is COC(=O)[C@H](OCc1ccc2c(c1)OCO2)[C@@H](OCc1ccc2c(c1)OCO2)C(=O)OC. The minimum atomic E-state index is -1.35. The van der Waals surface area contributed by atoms with Gasteiger partial charge in [-0.3, -0.25) is 0 Å². The van der Waals surface area contributed by atoms with Crippen LogP contribution in [-0.4, -0.2) is 52.0 Å². The van der Waals surface area contributed by atoms with Gasteiger partial charge in [-0.25, -0.2) is 9.59 Å². The normalized spacial score (nSPS) is 15.2. The highest BCUT2D eigenvalue weighted by Crippen LogP contribution is 2.34. The van der Waals surface area contributed by atoms with Crippen LogP contribution in [0.3, 0.4) is 0 Å². The van der Waals surface area contributed by atoms with Crippen LogP contribution in [0, 0.1) is 0 Å². The minimum absolute atomic E-state index is 0.00269. The zero-order valence-corrected chi connectivity index (χ0v) is 17.5. The third-order valence-electron chi connectivity index (χ3n) is 4.88. The van der Waals surface area contributed by atoms with Crippen LogP contribution in [0.2, 0.25) is 0 Å². The zero-order chi connectivity index (χ0) is 22.5. The molecule has 2 heterocycles. The molecule has 2 aliphatic heterocycles. The second-order valence-electron chi connectivity index (χ2n) is 6.88. The largest absolute Gasteiger partial charge is 0.467 e. The Morgan fingerprint density at radius 2 is 1.12 bits per heavy atom. The molecule has 2 aromatic rings. The number of fused-ring (bicyclic) bond motifs is 2. The van der Waals surface area contributed by atoms with Crippen molar-refractivity contribution >= 4 is 11.9 Å². The fourth-order valence-electron chi connectivity index (χ4n) is 3.22. The molecule has 10 nitrogen and oxygen atoms in total. The maximum absolute atomic E-state index is 12.4. The number of carbonyl (C=O) groups is 2. The average Bonchev–Trinajstić information content (AvgIpc) is 3.48. The van der Waals surface area contributed by atoms with E-state index in [0.29, 0.717) is 34.1 Å². The first-order valence-electron chi connectivity index (χ1n) is 9.75. The van der Waals surface area contributed by atoms with Crippen molar-refractivity contribution in [1.29, 1.82) is 0 Å². The molecule has 10 heteroatoms. The van der Waals surface area contributed by atoms with E-state index in [1.807, 2.05) is 0 Å². The van der Waals surface area contributed by atoms with Gasteiger partial charge in [0.25, 0.3) is 0 Å². The van der Waals surface area contributed by atoms with Crippen molar-refractivity contribution in [3.63, 3.8) is 0 Å². The topological polar surface area (TPSA) is 108 Å². The van der Waals surface area contributed by atoms with E-state index in [9.17, 15) is 9.59 Å². The molecule has 32 heavy (non-hydrogen) atoms. The van der Waals surface area contributed by atoms with E-state index in [-0.39, 0.29) is 26.8 Å². The first-order valence-corrected chi connectivity index (χ1v) is 9.75. The van der Waals surface area contributed by atoms with Gasteiger partial charge in [0.15, 0.2) is 35.2 Å². The van der Waals surface area contributed by atoms with E-state index in [0.717, 1.165) is 0 Å². The van der Waals surface area contributed by atoms with Gasteiger partial charge in [0, 0.05) is 0 Å². The highest BCUT2D eigenvalue weighted by molar-refractivity contribution is 5.85. The van der Waals surface area contributed by atoms with Crippen molar-refractivity contribution in [2.75, 3.05) is 27.8 Å². The summed E-state index contributed by atoms with van der Waals surface area (Å²) in [6.07, 6.45) is -2.71. The summed E-state index contributed by atoms with van der Waals surface area (Å²) in [5, 5.41) is 0. The quantitative estimate of drug-likeness (QED) is 0.531. The lowest BCUT2D eigenvalue weighted by atomic mass is 10.1. The van der Waals surface area contributed by atoms with Crippen molar-refractivity contribution in [3.05, 3.63) is 47.5 Å². The Bertz CT molecular complexity index is 909. The highest BCUT2D eigenvalue weighted by Gasteiger charge is 2.38. The Labute approximate surface area is 183 Å². The first-order chi connectivity index (χ1) is 15.6. The predicted octanol–water partition coefficient (Wildman–Crippen LogP) is 1.96. The number of esters is 2. The van der Waals surface area contributed by atoms with Crippen LogP contribution < -0.4 is 18.9 Å². The fraction of sp³-hybridized carbons (Fsp3) is 0.364. The summed E-state index contributed by atoms with van der Waals surface area (Å²) in [7, 11) is 2.40. The van der Waals surface area contributed by atoms with Gasteiger partial charge in [-0.2, -0.15) is 0 Å². The predicted molar refractivity (Wildman–Crippen MR) is 106 cm³/mol. The molecule has 0 unspecified atom stereocenters. The number of hydrogen-bond donors (Lipinski definition) is 0. The molecule has 0 radical (unpaired) electrons. The molecule has 0 fully saturated rings. The van der Waals surface area contributed by atoms with Gasteiger partial charge < -0.3 is 37.9 Å². The summed E-state index contributed by atoms with van der Waals surface area (Å²) < 4.78 is 42.4. The van der Waals surface area contributed by atoms with Gasteiger partial charge in [0.1, 0.15) is 0 Å². The number of ether oxygens (including phenoxy) is 8. The molecule has 0 bridgehead atoms. The molecule has 2 aliphatic rings. The Hall–Kier alpha value is -3.50. The average molecular weight is 446 g/mol. The molecule has 2 aromatic carbocycles. The number of rotatable bonds is 9. The lowest BCUT2D eigenvalue weighted by Crippen LogP contribution is -2.44. The first kappa shape index (κ1) is 21.7. The van der Waals surface area contributed by atoms with Gasteiger partial charge in [-0.1, -0.05) is 12.1 Å². The summed E-state index contributed by atoms with van der Waals surface area (Å²) in [6, 6.07) is 10.5. The van der Waals surface area contributed by atoms with Crippen molar-refractivity contribution in [2.24, 2.45) is 0 Å². The van der Waals surface area contributed by atoms with E-state index in [2.05, 4.69) is 0 Å². The van der Waals surface area contributed by atoms with Gasteiger partial charge in [-0.05, 0) is 35.4 Å². The summed E-state index contributed by atoms with van der Waals surface area (Å²) >= 11 is 0. The minimum Gasteiger partial charge on any atom is -0.467 e. The van der Waals surface area contributed by atoms with Gasteiger partial charge in [0.05, 0.1) is 27.4 Å². The van der Waals surface area contributed by atoms with Crippen LogP contribution in [0.25, 0.3) is 0 Å². The number of benzene rings is 2. The molecule has 0 aromatic heterocycles. The second-order valence-corrected chi connectivity index (χ2v) is 6.88. The lowest BCUT2D eigenvalue weighted by molar-refractivity contribution is -0.182.